The van der Waals surface area contributed by atoms with Gasteiger partial charge in [-0.2, -0.15) is 0 Å². The van der Waals surface area contributed by atoms with Crippen LogP contribution in [0.3, 0.4) is 0 Å². The highest BCUT2D eigenvalue weighted by atomic mass is 16.6. The van der Waals surface area contributed by atoms with Crippen LogP contribution >= 0.6 is 0 Å². The van der Waals surface area contributed by atoms with Gasteiger partial charge in [0.15, 0.2) is 0 Å². The van der Waals surface area contributed by atoms with Gasteiger partial charge in [0, 0.05) is 6.54 Å². The van der Waals surface area contributed by atoms with Crippen LogP contribution < -0.4 is 0 Å². The molecule has 0 amide bonds. The summed E-state index contributed by atoms with van der Waals surface area (Å²) in [5.74, 6) is -0.285. The Kier molecular flexibility index (Phi) is 8.57. The van der Waals surface area contributed by atoms with Crippen molar-refractivity contribution in [3.63, 3.8) is 0 Å². The molecule has 0 N–H and O–H groups in total. The Morgan fingerprint density at radius 1 is 1.21 bits per heavy atom. The number of hydrogen-bond donors (Lipinski definition) is 0. The first kappa shape index (κ1) is 13.4. The van der Waals surface area contributed by atoms with Crippen molar-refractivity contribution in [3.8, 4) is 0 Å². The molecule has 0 aromatic heterocycles. The van der Waals surface area contributed by atoms with E-state index in [0.29, 0.717) is 13.2 Å². The molecule has 0 aliphatic rings. The minimum absolute atomic E-state index is 0.0646. The third-order valence-electron chi connectivity index (χ3n) is 1.97. The molecule has 0 rings (SSSR count). The molecule has 0 aliphatic carbocycles. The lowest BCUT2D eigenvalue weighted by molar-refractivity contribution is -0.148. The Balaban J connectivity index is 3.32. The first-order chi connectivity index (χ1) is 6.74. The van der Waals surface area contributed by atoms with Gasteiger partial charge in [0.05, 0.1) is 13.2 Å². The molecule has 14 heavy (non-hydrogen) atoms. The zero-order valence-electron chi connectivity index (χ0n) is 9.41. The summed E-state index contributed by atoms with van der Waals surface area (Å²) in [4.78, 5) is 13.1. The number of nitrogens with zero attached hydrogens (tertiary/aromatic N) is 1. The fraction of sp³-hybridized carbons (Fsp3) is 0.900. The normalized spacial score (nSPS) is 10.6. The van der Waals surface area contributed by atoms with Crippen molar-refractivity contribution in [2.24, 2.45) is 0 Å². The number of likely N-dealkylation sites (N-methyl/N-ethyl adjacent to an activating group) is 1. The van der Waals surface area contributed by atoms with Crippen LogP contribution in [0.4, 0.5) is 0 Å². The highest BCUT2D eigenvalue weighted by Crippen LogP contribution is 1.87. The van der Waals surface area contributed by atoms with Crippen LogP contribution in [0.15, 0.2) is 0 Å². The summed E-state index contributed by atoms with van der Waals surface area (Å²) in [7, 11) is 0. The zero-order chi connectivity index (χ0) is 10.8. The van der Waals surface area contributed by atoms with E-state index >= 15 is 0 Å². The van der Waals surface area contributed by atoms with Gasteiger partial charge in [-0.05, 0) is 20.0 Å². The number of esters is 1. The van der Waals surface area contributed by atoms with Crippen molar-refractivity contribution < 1.29 is 14.3 Å². The molecular weight excluding hydrogens is 182 g/mol. The van der Waals surface area contributed by atoms with Gasteiger partial charge in [0.2, 0.25) is 0 Å². The molecule has 4 nitrogen and oxygen atoms in total. The van der Waals surface area contributed by atoms with Crippen molar-refractivity contribution in [1.29, 1.82) is 0 Å². The third kappa shape index (κ3) is 6.86. The SMILES string of the molecule is CCOC(=O)COCCN(CC)CC. The molecule has 0 aliphatic heterocycles. The quantitative estimate of drug-likeness (QED) is 0.434. The van der Waals surface area contributed by atoms with E-state index in [1.165, 1.54) is 0 Å². The molecule has 0 saturated heterocycles. The van der Waals surface area contributed by atoms with Crippen LogP contribution in [0.2, 0.25) is 0 Å². The van der Waals surface area contributed by atoms with Gasteiger partial charge in [-0.15, -0.1) is 0 Å². The molecule has 0 bridgehead atoms. The maximum atomic E-state index is 10.9. The van der Waals surface area contributed by atoms with E-state index in [1.54, 1.807) is 6.92 Å². The topological polar surface area (TPSA) is 38.8 Å². The summed E-state index contributed by atoms with van der Waals surface area (Å²) >= 11 is 0. The Labute approximate surface area is 86.2 Å². The number of carbonyl (C=O) groups excluding carboxylic acids is 1. The van der Waals surface area contributed by atoms with Crippen molar-refractivity contribution in [1.82, 2.24) is 4.90 Å². The van der Waals surface area contributed by atoms with Gasteiger partial charge in [-0.3, -0.25) is 0 Å². The second-order valence-electron chi connectivity index (χ2n) is 2.88. The lowest BCUT2D eigenvalue weighted by atomic mass is 10.5. The van der Waals surface area contributed by atoms with Crippen molar-refractivity contribution in [2.75, 3.05) is 39.5 Å². The molecule has 0 fully saturated rings. The average molecular weight is 203 g/mol. The fourth-order valence-electron chi connectivity index (χ4n) is 1.09. The molecule has 0 heterocycles. The highest BCUT2D eigenvalue weighted by Gasteiger charge is 2.02. The predicted molar refractivity (Wildman–Crippen MR) is 55.2 cm³/mol. The van der Waals surface area contributed by atoms with Gasteiger partial charge in [0.1, 0.15) is 6.61 Å². The summed E-state index contributed by atoms with van der Waals surface area (Å²) in [5, 5.41) is 0. The Morgan fingerprint density at radius 2 is 1.86 bits per heavy atom. The number of rotatable bonds is 8. The van der Waals surface area contributed by atoms with Crippen LogP contribution in [0.25, 0.3) is 0 Å². The first-order valence-corrected chi connectivity index (χ1v) is 5.20. The van der Waals surface area contributed by atoms with Crippen molar-refractivity contribution in [3.05, 3.63) is 0 Å². The van der Waals surface area contributed by atoms with E-state index in [0.717, 1.165) is 19.6 Å². The predicted octanol–water partition coefficient (Wildman–Crippen LogP) is 0.908. The molecule has 84 valence electrons. The second-order valence-corrected chi connectivity index (χ2v) is 2.88. The molecule has 0 unspecified atom stereocenters. The van der Waals surface area contributed by atoms with Crippen LogP contribution in [-0.4, -0.2) is 50.3 Å². The lowest BCUT2D eigenvalue weighted by Crippen LogP contribution is -2.28. The molecule has 0 atom stereocenters. The smallest absolute Gasteiger partial charge is 0.332 e. The van der Waals surface area contributed by atoms with Crippen LogP contribution in [0.1, 0.15) is 20.8 Å². The Morgan fingerprint density at radius 3 is 2.36 bits per heavy atom. The molecule has 0 saturated carbocycles. The van der Waals surface area contributed by atoms with Gasteiger partial charge in [-0.25, -0.2) is 4.79 Å². The summed E-state index contributed by atoms with van der Waals surface area (Å²) in [6.45, 7) is 9.95. The molecule has 0 radical (unpaired) electrons. The largest absolute Gasteiger partial charge is 0.464 e. The van der Waals surface area contributed by atoms with Crippen LogP contribution in [-0.2, 0) is 14.3 Å². The van der Waals surface area contributed by atoms with Crippen LogP contribution in [0.5, 0.6) is 0 Å². The van der Waals surface area contributed by atoms with E-state index in [2.05, 4.69) is 18.7 Å². The summed E-state index contributed by atoms with van der Waals surface area (Å²) in [5.41, 5.74) is 0. The number of hydrogen-bond acceptors (Lipinski definition) is 4. The van der Waals surface area contributed by atoms with E-state index in [9.17, 15) is 4.79 Å². The monoisotopic (exact) mass is 203 g/mol. The minimum atomic E-state index is -0.285. The van der Waals surface area contributed by atoms with Gasteiger partial charge >= 0.3 is 5.97 Å². The summed E-state index contributed by atoms with van der Waals surface area (Å²) in [6.07, 6.45) is 0. The van der Waals surface area contributed by atoms with Crippen LogP contribution in [0, 0.1) is 0 Å². The molecule has 0 spiro atoms. The van der Waals surface area contributed by atoms with Crippen molar-refractivity contribution >= 4 is 5.97 Å². The molecular formula is C10H21NO3. The molecule has 4 heteroatoms. The first-order valence-electron chi connectivity index (χ1n) is 5.20. The number of ether oxygens (including phenoxy) is 2. The Bertz CT molecular complexity index is 146. The maximum Gasteiger partial charge on any atom is 0.332 e. The lowest BCUT2D eigenvalue weighted by Gasteiger charge is -2.17. The summed E-state index contributed by atoms with van der Waals surface area (Å²) < 4.78 is 9.89. The highest BCUT2D eigenvalue weighted by molar-refractivity contribution is 5.70. The van der Waals surface area contributed by atoms with Crippen molar-refractivity contribution in [2.45, 2.75) is 20.8 Å². The minimum Gasteiger partial charge on any atom is -0.464 e. The van der Waals surface area contributed by atoms with Gasteiger partial charge < -0.3 is 14.4 Å². The average Bonchev–Trinajstić information content (AvgIpc) is 2.19. The second kappa shape index (κ2) is 8.97. The maximum absolute atomic E-state index is 10.9. The van der Waals surface area contributed by atoms with E-state index < -0.39 is 0 Å². The van der Waals surface area contributed by atoms with E-state index in [4.69, 9.17) is 9.47 Å². The number of carbonyl (C=O) groups is 1. The van der Waals surface area contributed by atoms with E-state index in [-0.39, 0.29) is 12.6 Å². The van der Waals surface area contributed by atoms with Gasteiger partial charge in [-0.1, -0.05) is 13.8 Å². The fourth-order valence-corrected chi connectivity index (χ4v) is 1.09. The van der Waals surface area contributed by atoms with E-state index in [1.807, 2.05) is 0 Å². The molecule has 0 aromatic rings. The summed E-state index contributed by atoms with van der Waals surface area (Å²) in [6, 6.07) is 0. The standard InChI is InChI=1S/C10H21NO3/c1-4-11(5-2)7-8-13-9-10(12)14-6-3/h4-9H2,1-3H3. The van der Waals surface area contributed by atoms with Gasteiger partial charge in [0.25, 0.3) is 0 Å². The third-order valence-corrected chi connectivity index (χ3v) is 1.97. The zero-order valence-corrected chi connectivity index (χ0v) is 9.41. The Hall–Kier alpha value is -0.610. The molecule has 0 aromatic carbocycles.